The number of alkyl carbamates (subject to hydrolysis) is 1. The van der Waals surface area contributed by atoms with Crippen molar-refractivity contribution < 1.29 is 33.3 Å². The Morgan fingerprint density at radius 1 is 1.03 bits per heavy atom. The van der Waals surface area contributed by atoms with Gasteiger partial charge >= 0.3 is 18.0 Å². The lowest BCUT2D eigenvalue weighted by Crippen LogP contribution is -2.47. The number of ether oxygens (including phenoxy) is 4. The molecule has 1 atom stereocenters. The number of hydrogen-bond donors (Lipinski definition) is 1. The maximum absolute atomic E-state index is 12.6. The summed E-state index contributed by atoms with van der Waals surface area (Å²) in [6.45, 7) is 4.84. The topological polar surface area (TPSA) is 100 Å². The van der Waals surface area contributed by atoms with Crippen molar-refractivity contribution in [2.24, 2.45) is 5.92 Å². The molecule has 0 radical (unpaired) electrons. The van der Waals surface area contributed by atoms with Crippen molar-refractivity contribution in [1.29, 1.82) is 0 Å². The number of carbonyl (C=O) groups excluding carboxylic acids is 3. The van der Waals surface area contributed by atoms with Crippen LogP contribution in [-0.4, -0.2) is 43.4 Å². The van der Waals surface area contributed by atoms with Gasteiger partial charge < -0.3 is 24.3 Å². The highest BCUT2D eigenvalue weighted by Gasteiger charge is 2.29. The standard InChI is InChI=1S/C23H33NO7/c1-23(2,3)31-22(27)24-19(15-30-20(25)17-8-6-5-7-9-17)21(26)29-14-16-10-12-18(28-4)13-11-16/h10-13,17,19H,5-9,14-15H2,1-4H3,(H,24,27)/t19-/m0/s1. The molecule has 0 unspecified atom stereocenters. The van der Waals surface area contributed by atoms with E-state index in [0.717, 1.165) is 37.7 Å². The van der Waals surface area contributed by atoms with Crippen LogP contribution in [0, 0.1) is 5.92 Å². The highest BCUT2D eigenvalue weighted by Crippen LogP contribution is 2.24. The van der Waals surface area contributed by atoms with Gasteiger partial charge in [0.05, 0.1) is 13.0 Å². The summed E-state index contributed by atoms with van der Waals surface area (Å²) in [4.78, 5) is 37.1. The zero-order chi connectivity index (χ0) is 22.9. The molecule has 31 heavy (non-hydrogen) atoms. The van der Waals surface area contributed by atoms with E-state index in [1.165, 1.54) is 0 Å². The van der Waals surface area contributed by atoms with E-state index in [1.54, 1.807) is 52.1 Å². The summed E-state index contributed by atoms with van der Waals surface area (Å²) in [7, 11) is 1.57. The summed E-state index contributed by atoms with van der Waals surface area (Å²) < 4.78 is 21.0. The molecule has 0 saturated heterocycles. The molecule has 0 spiro atoms. The average Bonchev–Trinajstić information content (AvgIpc) is 2.74. The number of amides is 1. The van der Waals surface area contributed by atoms with E-state index < -0.39 is 23.7 Å². The van der Waals surface area contributed by atoms with Crippen LogP contribution in [0.1, 0.15) is 58.4 Å². The molecule has 0 bridgehead atoms. The summed E-state index contributed by atoms with van der Waals surface area (Å²) in [5.74, 6) is -0.530. The number of benzene rings is 1. The molecular weight excluding hydrogens is 402 g/mol. The van der Waals surface area contributed by atoms with Gasteiger partial charge in [0.1, 0.15) is 24.6 Å². The van der Waals surface area contributed by atoms with Gasteiger partial charge in [0.25, 0.3) is 0 Å². The second kappa shape index (κ2) is 11.6. The maximum Gasteiger partial charge on any atom is 0.408 e. The molecule has 1 saturated carbocycles. The van der Waals surface area contributed by atoms with E-state index in [9.17, 15) is 14.4 Å². The Bertz CT molecular complexity index is 733. The highest BCUT2D eigenvalue weighted by molar-refractivity contribution is 5.82. The summed E-state index contributed by atoms with van der Waals surface area (Å²) >= 11 is 0. The van der Waals surface area contributed by atoms with Crippen molar-refractivity contribution in [2.45, 2.75) is 71.1 Å². The van der Waals surface area contributed by atoms with Crippen LogP contribution in [0.3, 0.4) is 0 Å². The van der Waals surface area contributed by atoms with Crippen LogP contribution in [0.5, 0.6) is 5.75 Å². The summed E-state index contributed by atoms with van der Waals surface area (Å²) in [5, 5.41) is 2.45. The lowest BCUT2D eigenvalue weighted by Gasteiger charge is -2.24. The molecule has 8 nitrogen and oxygen atoms in total. The first kappa shape index (κ1) is 24.5. The normalized spacial score (nSPS) is 15.5. The van der Waals surface area contributed by atoms with Crippen molar-refractivity contribution in [1.82, 2.24) is 5.32 Å². The van der Waals surface area contributed by atoms with Crippen LogP contribution < -0.4 is 10.1 Å². The van der Waals surface area contributed by atoms with Crippen molar-refractivity contribution in [2.75, 3.05) is 13.7 Å². The Kier molecular flexibility index (Phi) is 9.15. The molecule has 172 valence electrons. The molecule has 0 heterocycles. The molecule has 1 amide bonds. The van der Waals surface area contributed by atoms with Crippen molar-refractivity contribution in [3.05, 3.63) is 29.8 Å². The van der Waals surface area contributed by atoms with Crippen LogP contribution in [0.4, 0.5) is 4.79 Å². The molecule has 1 aromatic carbocycles. The zero-order valence-corrected chi connectivity index (χ0v) is 18.8. The van der Waals surface area contributed by atoms with Gasteiger partial charge in [-0.15, -0.1) is 0 Å². The van der Waals surface area contributed by atoms with Gasteiger partial charge in [-0.2, -0.15) is 0 Å². The predicted octanol–water partition coefficient (Wildman–Crippen LogP) is 3.76. The second-order valence-electron chi connectivity index (χ2n) is 8.62. The largest absolute Gasteiger partial charge is 0.497 e. The lowest BCUT2D eigenvalue weighted by molar-refractivity contribution is -0.156. The Morgan fingerprint density at radius 3 is 2.26 bits per heavy atom. The van der Waals surface area contributed by atoms with E-state index >= 15 is 0 Å². The number of carbonyl (C=O) groups is 3. The lowest BCUT2D eigenvalue weighted by atomic mass is 9.89. The van der Waals surface area contributed by atoms with Crippen LogP contribution in [0.15, 0.2) is 24.3 Å². The maximum atomic E-state index is 12.6. The Hall–Kier alpha value is -2.77. The number of nitrogens with one attached hydrogen (secondary N) is 1. The van der Waals surface area contributed by atoms with Crippen molar-refractivity contribution >= 4 is 18.0 Å². The average molecular weight is 436 g/mol. The minimum Gasteiger partial charge on any atom is -0.497 e. The molecular formula is C23H33NO7. The SMILES string of the molecule is COc1ccc(COC(=O)[C@H](COC(=O)C2CCCCC2)NC(=O)OC(C)(C)C)cc1. The van der Waals surface area contributed by atoms with E-state index in [1.807, 2.05) is 0 Å². The van der Waals surface area contributed by atoms with E-state index in [4.69, 9.17) is 18.9 Å². The van der Waals surface area contributed by atoms with Crippen molar-refractivity contribution in [3.63, 3.8) is 0 Å². The van der Waals surface area contributed by atoms with Gasteiger partial charge in [-0.05, 0) is 51.3 Å². The number of hydrogen-bond acceptors (Lipinski definition) is 7. The molecule has 1 aliphatic carbocycles. The van der Waals surface area contributed by atoms with Gasteiger partial charge in [-0.3, -0.25) is 4.79 Å². The summed E-state index contributed by atoms with van der Waals surface area (Å²) in [6.07, 6.45) is 3.87. The third-order valence-electron chi connectivity index (χ3n) is 4.85. The quantitative estimate of drug-likeness (QED) is 0.490. The van der Waals surface area contributed by atoms with Gasteiger partial charge in [0.2, 0.25) is 0 Å². The first-order chi connectivity index (χ1) is 14.7. The van der Waals surface area contributed by atoms with Gasteiger partial charge in [0.15, 0.2) is 6.04 Å². The Labute approximate surface area is 183 Å². The fourth-order valence-electron chi connectivity index (χ4n) is 3.22. The molecule has 1 N–H and O–H groups in total. The minimum absolute atomic E-state index is 0.00585. The van der Waals surface area contributed by atoms with E-state index in [-0.39, 0.29) is 25.1 Å². The molecule has 0 aliphatic heterocycles. The third-order valence-corrected chi connectivity index (χ3v) is 4.85. The monoisotopic (exact) mass is 435 g/mol. The third kappa shape index (κ3) is 8.86. The van der Waals surface area contributed by atoms with Crippen LogP contribution in [0.2, 0.25) is 0 Å². The summed E-state index contributed by atoms with van der Waals surface area (Å²) in [5.41, 5.74) is 0.0183. The van der Waals surface area contributed by atoms with Gasteiger partial charge in [-0.25, -0.2) is 9.59 Å². The van der Waals surface area contributed by atoms with Crippen molar-refractivity contribution in [3.8, 4) is 5.75 Å². The first-order valence-corrected chi connectivity index (χ1v) is 10.6. The fraction of sp³-hybridized carbons (Fsp3) is 0.609. The van der Waals surface area contributed by atoms with Gasteiger partial charge in [-0.1, -0.05) is 31.4 Å². The number of methoxy groups -OCH3 is 1. The fourth-order valence-corrected chi connectivity index (χ4v) is 3.22. The second-order valence-corrected chi connectivity index (χ2v) is 8.62. The number of rotatable bonds is 8. The highest BCUT2D eigenvalue weighted by atomic mass is 16.6. The zero-order valence-electron chi connectivity index (χ0n) is 18.8. The first-order valence-electron chi connectivity index (χ1n) is 10.6. The molecule has 8 heteroatoms. The molecule has 1 aliphatic rings. The van der Waals surface area contributed by atoms with E-state index in [2.05, 4.69) is 5.32 Å². The van der Waals surface area contributed by atoms with Crippen LogP contribution >= 0.6 is 0 Å². The predicted molar refractivity (Wildman–Crippen MR) is 113 cm³/mol. The Morgan fingerprint density at radius 2 is 1.68 bits per heavy atom. The Balaban J connectivity index is 1.96. The molecule has 1 aromatic rings. The van der Waals surface area contributed by atoms with Gasteiger partial charge in [0, 0.05) is 0 Å². The summed E-state index contributed by atoms with van der Waals surface area (Å²) in [6, 6.07) is 5.88. The number of esters is 2. The molecule has 0 aromatic heterocycles. The van der Waals surface area contributed by atoms with Crippen LogP contribution in [0.25, 0.3) is 0 Å². The van der Waals surface area contributed by atoms with E-state index in [0.29, 0.717) is 5.75 Å². The van der Waals surface area contributed by atoms with Crippen LogP contribution in [-0.2, 0) is 30.4 Å². The smallest absolute Gasteiger partial charge is 0.408 e. The minimum atomic E-state index is -1.17. The molecule has 1 fully saturated rings. The molecule has 2 rings (SSSR count).